The number of rotatable bonds is 5. The Hall–Kier alpha value is -3.40. The third-order valence-corrected chi connectivity index (χ3v) is 7.89. The summed E-state index contributed by atoms with van der Waals surface area (Å²) in [5.41, 5.74) is -1.58. The summed E-state index contributed by atoms with van der Waals surface area (Å²) in [5.74, 6) is -1.22. The number of phenolic OH excluding ortho intramolecular Hbond substituents is 1. The van der Waals surface area contributed by atoms with Gasteiger partial charge in [-0.3, -0.25) is 4.79 Å². The molecule has 0 saturated heterocycles. The highest BCUT2D eigenvalue weighted by Gasteiger charge is 2.52. The number of hydrogen-bond acceptors (Lipinski definition) is 5. The Morgan fingerprint density at radius 3 is 2.59 bits per heavy atom. The number of nitrogens with zero attached hydrogens (tertiary/aromatic N) is 3. The second-order valence-corrected chi connectivity index (χ2v) is 11.5. The van der Waals surface area contributed by atoms with Crippen molar-refractivity contribution in [2.45, 2.75) is 18.3 Å². The van der Waals surface area contributed by atoms with E-state index in [0.29, 0.717) is 9.87 Å². The van der Waals surface area contributed by atoms with Crippen molar-refractivity contribution in [3.8, 4) is 5.75 Å². The van der Waals surface area contributed by atoms with Gasteiger partial charge in [0.1, 0.15) is 5.75 Å². The molecule has 7 nitrogen and oxygen atoms in total. The van der Waals surface area contributed by atoms with Crippen molar-refractivity contribution in [3.05, 3.63) is 94.6 Å². The zero-order valence-electron chi connectivity index (χ0n) is 19.3. The van der Waals surface area contributed by atoms with Gasteiger partial charge in [0.25, 0.3) is 5.91 Å². The van der Waals surface area contributed by atoms with E-state index in [4.69, 9.17) is 23.2 Å². The van der Waals surface area contributed by atoms with Crippen LogP contribution < -0.4 is 0 Å². The highest BCUT2D eigenvalue weighted by Crippen LogP contribution is 2.40. The summed E-state index contributed by atoms with van der Waals surface area (Å²) in [6, 6.07) is 16.9. The van der Waals surface area contributed by atoms with Crippen molar-refractivity contribution in [1.82, 2.24) is 14.1 Å². The van der Waals surface area contributed by atoms with Gasteiger partial charge < -0.3 is 5.11 Å². The number of sulfonamides is 1. The van der Waals surface area contributed by atoms with E-state index < -0.39 is 27.6 Å². The molecule has 0 spiro atoms. The molecule has 11 heteroatoms. The van der Waals surface area contributed by atoms with Crippen molar-refractivity contribution in [3.63, 3.8) is 0 Å². The van der Waals surface area contributed by atoms with Crippen LogP contribution >= 0.6 is 23.2 Å². The predicted molar refractivity (Wildman–Crippen MR) is 142 cm³/mol. The molecule has 37 heavy (non-hydrogen) atoms. The number of halogens is 3. The molecule has 1 aliphatic rings. The van der Waals surface area contributed by atoms with Crippen LogP contribution in [0.4, 0.5) is 4.39 Å². The number of benzene rings is 3. The third kappa shape index (κ3) is 4.37. The highest BCUT2D eigenvalue weighted by atomic mass is 35.5. The molecule has 0 bridgehead atoms. The summed E-state index contributed by atoms with van der Waals surface area (Å²) in [6.07, 6.45) is 2.32. The number of aromatic hydroxyl groups is 1. The van der Waals surface area contributed by atoms with E-state index in [9.17, 15) is 18.3 Å². The van der Waals surface area contributed by atoms with E-state index in [1.807, 2.05) is 30.3 Å². The van der Waals surface area contributed by atoms with Gasteiger partial charge in [-0.05, 0) is 58.8 Å². The fraction of sp³-hybridized carbons (Fsp3) is 0.154. The van der Waals surface area contributed by atoms with Crippen molar-refractivity contribution in [2.75, 3.05) is 6.26 Å². The molecule has 2 unspecified atom stereocenters. The van der Waals surface area contributed by atoms with Gasteiger partial charge in [0.05, 0.1) is 18.3 Å². The predicted octanol–water partition coefficient (Wildman–Crippen LogP) is 5.26. The fourth-order valence-corrected chi connectivity index (χ4v) is 5.80. The van der Waals surface area contributed by atoms with Gasteiger partial charge in [0.15, 0.2) is 16.9 Å². The zero-order valence-corrected chi connectivity index (χ0v) is 21.7. The molecule has 4 aromatic rings. The first kappa shape index (κ1) is 25.3. The second kappa shape index (κ2) is 9.16. The van der Waals surface area contributed by atoms with E-state index in [0.717, 1.165) is 33.9 Å². The lowest BCUT2D eigenvalue weighted by atomic mass is 9.87. The lowest BCUT2D eigenvalue weighted by molar-refractivity contribution is -0.136. The second-order valence-electron chi connectivity index (χ2n) is 8.78. The SMILES string of the molecule is CS(=O)(=O)N(Cc1ccc2ccccc2c1)C(=O)C1(n2nc(Cl)c3cc(O)ccc32)C=C(Cl)C=CC1F. The van der Waals surface area contributed by atoms with Gasteiger partial charge in [-0.15, -0.1) is 0 Å². The molecule has 1 amide bonds. The highest BCUT2D eigenvalue weighted by molar-refractivity contribution is 7.88. The summed E-state index contributed by atoms with van der Waals surface area (Å²) in [6.45, 7) is -0.347. The van der Waals surface area contributed by atoms with Crippen LogP contribution in [0.2, 0.25) is 5.15 Å². The molecule has 0 radical (unpaired) electrons. The van der Waals surface area contributed by atoms with Gasteiger partial charge >= 0.3 is 0 Å². The molecule has 1 aliphatic carbocycles. The minimum atomic E-state index is -4.20. The molecule has 1 heterocycles. The van der Waals surface area contributed by atoms with Gasteiger partial charge in [0, 0.05) is 10.4 Å². The average Bonchev–Trinajstić information content (AvgIpc) is 3.18. The number of fused-ring (bicyclic) bond motifs is 2. The molecule has 0 aliphatic heterocycles. The van der Waals surface area contributed by atoms with Gasteiger partial charge in [-0.2, -0.15) is 5.10 Å². The Balaban J connectivity index is 1.70. The number of allylic oxidation sites excluding steroid dienone is 3. The van der Waals surface area contributed by atoms with Crippen molar-refractivity contribution in [1.29, 1.82) is 0 Å². The molecule has 5 rings (SSSR count). The summed E-state index contributed by atoms with van der Waals surface area (Å²) < 4.78 is 43.5. The van der Waals surface area contributed by atoms with Crippen LogP contribution in [0, 0.1) is 0 Å². The first-order valence-electron chi connectivity index (χ1n) is 11.1. The molecular formula is C26H20Cl2FN3O4S. The van der Waals surface area contributed by atoms with Crippen LogP contribution in [0.1, 0.15) is 5.56 Å². The molecular weight excluding hydrogens is 540 g/mol. The van der Waals surface area contributed by atoms with Crippen LogP contribution in [-0.2, 0) is 26.9 Å². The average molecular weight is 560 g/mol. The molecule has 3 aromatic carbocycles. The van der Waals surface area contributed by atoms with Crippen LogP contribution in [0.25, 0.3) is 21.7 Å². The number of amides is 1. The molecule has 1 N–H and O–H groups in total. The molecule has 1 aromatic heterocycles. The monoisotopic (exact) mass is 559 g/mol. The minimum Gasteiger partial charge on any atom is -0.508 e. The standard InChI is InChI=1S/C26H20Cl2FN3O4S/c1-37(35,36)31(15-16-6-7-17-4-2-3-5-18(17)12-16)25(34)26(14-19(27)8-11-23(26)29)32-22-10-9-20(33)13-21(22)24(28)30-32/h2-14,23,33H,15H2,1H3. The maximum Gasteiger partial charge on any atom is 0.271 e. The summed E-state index contributed by atoms with van der Waals surface area (Å²) >= 11 is 12.6. The fourth-order valence-electron chi connectivity index (χ4n) is 4.50. The van der Waals surface area contributed by atoms with E-state index in [2.05, 4.69) is 5.10 Å². The molecule has 190 valence electrons. The number of phenols is 1. The zero-order chi connectivity index (χ0) is 26.5. The Morgan fingerprint density at radius 1 is 1.14 bits per heavy atom. The summed E-state index contributed by atoms with van der Waals surface area (Å²) in [5, 5.41) is 16.1. The first-order valence-corrected chi connectivity index (χ1v) is 13.7. The third-order valence-electron chi connectivity index (χ3n) is 6.28. The molecule has 0 fully saturated rings. The van der Waals surface area contributed by atoms with E-state index in [1.165, 1.54) is 24.3 Å². The largest absolute Gasteiger partial charge is 0.508 e. The van der Waals surface area contributed by atoms with Crippen LogP contribution in [0.5, 0.6) is 5.75 Å². The number of carbonyl (C=O) groups excluding carboxylic acids is 1. The number of alkyl halides is 1. The van der Waals surface area contributed by atoms with Crippen LogP contribution in [0.3, 0.4) is 0 Å². The van der Waals surface area contributed by atoms with Gasteiger partial charge in [-0.1, -0.05) is 59.6 Å². The summed E-state index contributed by atoms with van der Waals surface area (Å²) in [4.78, 5) is 14.2. The number of hydrogen-bond donors (Lipinski definition) is 1. The summed E-state index contributed by atoms with van der Waals surface area (Å²) in [7, 11) is -4.20. The lowest BCUT2D eigenvalue weighted by Gasteiger charge is -2.37. The maximum absolute atomic E-state index is 15.9. The van der Waals surface area contributed by atoms with E-state index in [-0.39, 0.29) is 33.4 Å². The maximum atomic E-state index is 15.9. The topological polar surface area (TPSA) is 92.5 Å². The van der Waals surface area contributed by atoms with Gasteiger partial charge in [-0.25, -0.2) is 21.8 Å². The van der Waals surface area contributed by atoms with E-state index >= 15 is 4.39 Å². The Kier molecular flexibility index (Phi) is 6.26. The van der Waals surface area contributed by atoms with Gasteiger partial charge in [0.2, 0.25) is 10.0 Å². The Morgan fingerprint density at radius 2 is 1.86 bits per heavy atom. The van der Waals surface area contributed by atoms with Crippen molar-refractivity contribution < 1.29 is 22.7 Å². The van der Waals surface area contributed by atoms with Crippen molar-refractivity contribution >= 4 is 60.8 Å². The van der Waals surface area contributed by atoms with Crippen molar-refractivity contribution in [2.24, 2.45) is 0 Å². The normalized spacial score (nSPS) is 19.8. The van der Waals surface area contributed by atoms with Crippen LogP contribution in [-0.4, -0.2) is 45.9 Å². The lowest BCUT2D eigenvalue weighted by Crippen LogP contribution is -2.56. The molecule has 0 saturated carbocycles. The van der Waals surface area contributed by atoms with E-state index in [1.54, 1.807) is 12.1 Å². The van der Waals surface area contributed by atoms with Crippen LogP contribution in [0.15, 0.2) is 83.9 Å². The first-order chi connectivity index (χ1) is 17.5. The number of aromatic nitrogens is 2. The Labute approximate surface area is 222 Å². The Bertz CT molecular complexity index is 1730. The molecule has 2 atom stereocenters. The minimum absolute atomic E-state index is 0.0138. The smallest absolute Gasteiger partial charge is 0.271 e. The quantitative estimate of drug-likeness (QED) is 0.360. The number of carbonyl (C=O) groups is 1.